The first-order chi connectivity index (χ1) is 15.9. The standard InChI is InChI=1S/C30H46N2O/c1-4-5-6-7-8-9-10-11-12-13-14-15-16-29(25-17-23(2)19-27(31)21-25)30(33)26-18-24(3)20-28(32)22-26/h17-22,29H,4-16,31-32H2,1-3H3. The van der Waals surface area contributed by atoms with E-state index in [1.54, 1.807) is 0 Å². The zero-order chi connectivity index (χ0) is 24.1. The molecule has 0 radical (unpaired) electrons. The molecule has 0 saturated heterocycles. The van der Waals surface area contributed by atoms with Crippen molar-refractivity contribution in [3.8, 4) is 0 Å². The summed E-state index contributed by atoms with van der Waals surface area (Å²) in [7, 11) is 0. The molecule has 3 nitrogen and oxygen atoms in total. The fourth-order valence-corrected chi connectivity index (χ4v) is 4.84. The summed E-state index contributed by atoms with van der Waals surface area (Å²) in [6, 6.07) is 11.7. The zero-order valence-electron chi connectivity index (χ0n) is 21.3. The Hall–Kier alpha value is -2.29. The van der Waals surface area contributed by atoms with Gasteiger partial charge in [-0.1, -0.05) is 90.0 Å². The van der Waals surface area contributed by atoms with Gasteiger partial charge in [0.15, 0.2) is 5.78 Å². The molecule has 2 aromatic rings. The van der Waals surface area contributed by atoms with Gasteiger partial charge >= 0.3 is 0 Å². The van der Waals surface area contributed by atoms with E-state index in [4.69, 9.17) is 11.5 Å². The lowest BCUT2D eigenvalue weighted by molar-refractivity contribution is 0.0953. The van der Waals surface area contributed by atoms with E-state index >= 15 is 0 Å². The van der Waals surface area contributed by atoms with E-state index < -0.39 is 0 Å². The number of Topliss-reactive ketones (excluding diaryl/α,β-unsaturated/α-hetero) is 1. The van der Waals surface area contributed by atoms with Crippen LogP contribution in [-0.4, -0.2) is 5.78 Å². The number of aryl methyl sites for hydroxylation is 2. The molecule has 0 amide bonds. The molecule has 182 valence electrons. The predicted octanol–water partition coefficient (Wildman–Crippen LogP) is 8.53. The van der Waals surface area contributed by atoms with Crippen LogP contribution in [-0.2, 0) is 0 Å². The molecule has 1 atom stereocenters. The molecule has 0 aliphatic heterocycles. The molecule has 33 heavy (non-hydrogen) atoms. The summed E-state index contributed by atoms with van der Waals surface area (Å²) >= 11 is 0. The highest BCUT2D eigenvalue weighted by Crippen LogP contribution is 2.30. The van der Waals surface area contributed by atoms with Gasteiger partial charge in [0.1, 0.15) is 0 Å². The van der Waals surface area contributed by atoms with Crippen molar-refractivity contribution in [2.45, 2.75) is 110 Å². The molecule has 1 unspecified atom stereocenters. The van der Waals surface area contributed by atoms with Crippen molar-refractivity contribution in [2.24, 2.45) is 0 Å². The topological polar surface area (TPSA) is 69.1 Å². The molecule has 0 aromatic heterocycles. The Balaban J connectivity index is 1.86. The van der Waals surface area contributed by atoms with Crippen LogP contribution in [0.1, 0.15) is 123 Å². The third kappa shape index (κ3) is 10.0. The van der Waals surface area contributed by atoms with Gasteiger partial charge in [0.05, 0.1) is 0 Å². The predicted molar refractivity (Wildman–Crippen MR) is 144 cm³/mol. The van der Waals surface area contributed by atoms with Crippen LogP contribution in [0.2, 0.25) is 0 Å². The van der Waals surface area contributed by atoms with Gasteiger partial charge in [0.25, 0.3) is 0 Å². The van der Waals surface area contributed by atoms with Crippen LogP contribution < -0.4 is 11.5 Å². The number of nitrogen functional groups attached to an aromatic ring is 2. The minimum atomic E-state index is -0.170. The molecule has 2 aromatic carbocycles. The van der Waals surface area contributed by atoms with E-state index in [9.17, 15) is 4.79 Å². The summed E-state index contributed by atoms with van der Waals surface area (Å²) in [6.45, 7) is 6.29. The van der Waals surface area contributed by atoms with Crippen LogP contribution in [0.5, 0.6) is 0 Å². The number of carbonyl (C=O) groups is 1. The van der Waals surface area contributed by atoms with Gasteiger partial charge in [-0.05, 0) is 67.3 Å². The molecule has 0 saturated carbocycles. The molecule has 3 heteroatoms. The monoisotopic (exact) mass is 450 g/mol. The zero-order valence-corrected chi connectivity index (χ0v) is 21.3. The van der Waals surface area contributed by atoms with Crippen molar-refractivity contribution >= 4 is 17.2 Å². The lowest BCUT2D eigenvalue weighted by atomic mass is 9.85. The average Bonchev–Trinajstić information content (AvgIpc) is 2.75. The molecule has 2 rings (SSSR count). The second kappa shape index (κ2) is 14.8. The largest absolute Gasteiger partial charge is 0.399 e. The summed E-state index contributed by atoms with van der Waals surface area (Å²) in [5, 5.41) is 0. The van der Waals surface area contributed by atoms with E-state index in [-0.39, 0.29) is 11.7 Å². The summed E-state index contributed by atoms with van der Waals surface area (Å²) in [5.74, 6) is -0.0185. The van der Waals surface area contributed by atoms with Gasteiger partial charge in [0, 0.05) is 22.9 Å². The van der Waals surface area contributed by atoms with E-state index in [2.05, 4.69) is 13.0 Å². The minimum absolute atomic E-state index is 0.151. The van der Waals surface area contributed by atoms with Gasteiger partial charge in [0.2, 0.25) is 0 Å². The third-order valence-corrected chi connectivity index (χ3v) is 6.57. The average molecular weight is 451 g/mol. The van der Waals surface area contributed by atoms with Crippen LogP contribution >= 0.6 is 0 Å². The van der Waals surface area contributed by atoms with E-state index in [0.29, 0.717) is 11.3 Å². The molecule has 4 N–H and O–H groups in total. The minimum Gasteiger partial charge on any atom is -0.399 e. The lowest BCUT2D eigenvalue weighted by Gasteiger charge is -2.18. The maximum absolute atomic E-state index is 13.5. The summed E-state index contributed by atoms with van der Waals surface area (Å²) in [6.07, 6.45) is 16.6. The fourth-order valence-electron chi connectivity index (χ4n) is 4.84. The number of benzene rings is 2. The fraction of sp³-hybridized carbons (Fsp3) is 0.567. The smallest absolute Gasteiger partial charge is 0.170 e. The van der Waals surface area contributed by atoms with Crippen molar-refractivity contribution in [1.29, 1.82) is 0 Å². The molecule has 0 spiro atoms. The SMILES string of the molecule is CCCCCCCCCCCCCCC(C(=O)c1cc(C)cc(N)c1)c1cc(C)cc(N)c1. The van der Waals surface area contributed by atoms with Crippen molar-refractivity contribution in [3.63, 3.8) is 0 Å². The summed E-state index contributed by atoms with van der Waals surface area (Å²) < 4.78 is 0. The number of hydrogen-bond acceptors (Lipinski definition) is 3. The van der Waals surface area contributed by atoms with Crippen LogP contribution in [0.3, 0.4) is 0 Å². The van der Waals surface area contributed by atoms with E-state index in [0.717, 1.165) is 35.2 Å². The van der Waals surface area contributed by atoms with Gasteiger partial charge in [-0.2, -0.15) is 0 Å². The second-order valence-electron chi connectivity index (χ2n) is 9.90. The van der Waals surface area contributed by atoms with Crippen molar-refractivity contribution in [1.82, 2.24) is 0 Å². The Labute approximate surface area is 202 Å². The van der Waals surface area contributed by atoms with Gasteiger partial charge < -0.3 is 11.5 Å². The van der Waals surface area contributed by atoms with Crippen molar-refractivity contribution < 1.29 is 4.79 Å². The van der Waals surface area contributed by atoms with Crippen molar-refractivity contribution in [2.75, 3.05) is 11.5 Å². The van der Waals surface area contributed by atoms with Crippen LogP contribution in [0.4, 0.5) is 11.4 Å². The van der Waals surface area contributed by atoms with Crippen LogP contribution in [0, 0.1) is 13.8 Å². The lowest BCUT2D eigenvalue weighted by Crippen LogP contribution is -2.14. The summed E-state index contributed by atoms with van der Waals surface area (Å²) in [5.41, 5.74) is 17.4. The molecule has 0 aliphatic rings. The third-order valence-electron chi connectivity index (χ3n) is 6.57. The Bertz CT molecular complexity index is 818. The molecule has 0 heterocycles. The maximum Gasteiger partial charge on any atom is 0.170 e. The number of unbranched alkanes of at least 4 members (excludes halogenated alkanes) is 11. The first kappa shape index (κ1) is 27.0. The van der Waals surface area contributed by atoms with Crippen LogP contribution in [0.15, 0.2) is 36.4 Å². The van der Waals surface area contributed by atoms with Crippen molar-refractivity contribution in [3.05, 3.63) is 58.7 Å². The highest BCUT2D eigenvalue weighted by Gasteiger charge is 2.23. The van der Waals surface area contributed by atoms with Gasteiger partial charge in [-0.3, -0.25) is 4.79 Å². The number of anilines is 2. The number of nitrogens with two attached hydrogens (primary N) is 2. The highest BCUT2D eigenvalue weighted by atomic mass is 16.1. The molecular weight excluding hydrogens is 404 g/mol. The van der Waals surface area contributed by atoms with E-state index in [1.807, 2.05) is 44.2 Å². The number of carbonyl (C=O) groups excluding carboxylic acids is 1. The van der Waals surface area contributed by atoms with Gasteiger partial charge in [-0.15, -0.1) is 0 Å². The maximum atomic E-state index is 13.5. The van der Waals surface area contributed by atoms with Gasteiger partial charge in [-0.25, -0.2) is 0 Å². The quantitative estimate of drug-likeness (QED) is 0.153. The highest BCUT2D eigenvalue weighted by molar-refractivity contribution is 6.01. The Morgan fingerprint density at radius 2 is 1.15 bits per heavy atom. The Morgan fingerprint density at radius 1 is 0.667 bits per heavy atom. The number of rotatable bonds is 16. The normalized spacial score (nSPS) is 12.1. The molecular formula is C30H46N2O. The number of hydrogen-bond donors (Lipinski definition) is 2. The second-order valence-corrected chi connectivity index (χ2v) is 9.90. The van der Waals surface area contributed by atoms with Crippen LogP contribution in [0.25, 0.3) is 0 Å². The van der Waals surface area contributed by atoms with E-state index in [1.165, 1.54) is 70.6 Å². The molecule has 0 bridgehead atoms. The Morgan fingerprint density at radius 3 is 1.67 bits per heavy atom. The summed E-state index contributed by atoms with van der Waals surface area (Å²) in [4.78, 5) is 13.5. The first-order valence-electron chi connectivity index (χ1n) is 13.2. The molecule has 0 fully saturated rings. The first-order valence-corrected chi connectivity index (χ1v) is 13.2. The molecule has 0 aliphatic carbocycles. The Kier molecular flexibility index (Phi) is 12.1. The number of ketones is 1.